The Hall–Kier alpha value is -3.13. The van der Waals surface area contributed by atoms with Crippen LogP contribution in [0.15, 0.2) is 30.3 Å². The van der Waals surface area contributed by atoms with Crippen LogP contribution in [0.3, 0.4) is 0 Å². The zero-order valence-corrected chi connectivity index (χ0v) is 20.6. The predicted molar refractivity (Wildman–Crippen MR) is 133 cm³/mol. The molecular formula is C24H27F3N5O2P. The number of nitrogens with zero attached hydrogens (tertiary/aromatic N) is 3. The number of fused-ring (bicyclic) bond motifs is 1. The molecule has 0 atom stereocenters. The van der Waals surface area contributed by atoms with Gasteiger partial charge in [-0.1, -0.05) is 7.92 Å². The van der Waals surface area contributed by atoms with Crippen LogP contribution in [0.5, 0.6) is 5.75 Å². The highest BCUT2D eigenvalue weighted by Crippen LogP contribution is 2.42. The maximum Gasteiger partial charge on any atom is 0.416 e. The number of nitrogen functional groups attached to an aromatic ring is 1. The second-order valence-corrected chi connectivity index (χ2v) is 10.9. The average molecular weight is 505 g/mol. The number of rotatable bonds is 5. The molecule has 2 aromatic carbocycles. The van der Waals surface area contributed by atoms with Gasteiger partial charge in [0.05, 0.1) is 18.2 Å². The summed E-state index contributed by atoms with van der Waals surface area (Å²) in [5.41, 5.74) is 6.06. The van der Waals surface area contributed by atoms with Gasteiger partial charge in [-0.15, -0.1) is 0 Å². The molecule has 11 heteroatoms. The highest BCUT2D eigenvalue weighted by molar-refractivity contribution is 7.66. The molecule has 4 rings (SSSR count). The van der Waals surface area contributed by atoms with E-state index in [1.807, 2.05) is 17.0 Å². The Morgan fingerprint density at radius 1 is 1.17 bits per heavy atom. The van der Waals surface area contributed by atoms with Crippen molar-refractivity contribution in [3.63, 3.8) is 0 Å². The van der Waals surface area contributed by atoms with Gasteiger partial charge in [0.2, 0.25) is 5.91 Å². The molecule has 0 aliphatic carbocycles. The first-order chi connectivity index (χ1) is 16.5. The number of amides is 1. The van der Waals surface area contributed by atoms with Crippen molar-refractivity contribution in [2.24, 2.45) is 0 Å². The van der Waals surface area contributed by atoms with Crippen molar-refractivity contribution in [1.82, 2.24) is 14.9 Å². The number of aryl methyl sites for hydroxylation is 1. The number of carbonyl (C=O) groups excluding carboxylic acids is 1. The van der Waals surface area contributed by atoms with E-state index in [4.69, 9.17) is 10.5 Å². The normalized spacial score (nSPS) is 14.9. The number of methoxy groups -OCH3 is 1. The third-order valence-electron chi connectivity index (χ3n) is 5.98. The zero-order valence-electron chi connectivity index (χ0n) is 19.7. The number of benzene rings is 2. The lowest BCUT2D eigenvalue weighted by atomic mass is 10.1. The van der Waals surface area contributed by atoms with Gasteiger partial charge in [-0.05, 0) is 49.1 Å². The Bertz CT molecular complexity index is 1260. The molecule has 186 valence electrons. The van der Waals surface area contributed by atoms with Crippen LogP contribution in [-0.2, 0) is 17.5 Å². The summed E-state index contributed by atoms with van der Waals surface area (Å²) in [5, 5.41) is 5.01. The first-order valence-corrected chi connectivity index (χ1v) is 12.8. The molecule has 1 aliphatic rings. The average Bonchev–Trinajstić information content (AvgIpc) is 2.80. The second-order valence-electron chi connectivity index (χ2n) is 8.47. The van der Waals surface area contributed by atoms with Crippen molar-refractivity contribution in [1.29, 1.82) is 0 Å². The molecule has 0 spiro atoms. The summed E-state index contributed by atoms with van der Waals surface area (Å²) in [6, 6.07) is 7.42. The van der Waals surface area contributed by atoms with E-state index in [9.17, 15) is 18.0 Å². The van der Waals surface area contributed by atoms with E-state index in [2.05, 4.69) is 15.3 Å². The molecule has 1 amide bonds. The zero-order chi connectivity index (χ0) is 25.3. The molecule has 0 saturated carbocycles. The number of nitrogens with two attached hydrogens (primary N) is 1. The summed E-state index contributed by atoms with van der Waals surface area (Å²) in [4.78, 5) is 22.6. The number of alkyl halides is 3. The lowest BCUT2D eigenvalue weighted by molar-refractivity contribution is -0.137. The minimum atomic E-state index is -4.48. The molecule has 3 N–H and O–H groups in total. The standard InChI is InChI=1S/C24H27F3N5O2P/c1-14-30-20-12-21(34-3)22(35-6-4-32(5-7-35)15(2)33)11-19(20)23(31-14)29-13-16-8-17(24(25,26)27)10-18(28)9-16/h8-12H,4-7,13,28H2,1-3H3,(H,29,30,31). The quantitative estimate of drug-likeness (QED) is 0.400. The Morgan fingerprint density at radius 2 is 1.89 bits per heavy atom. The number of halogens is 3. The van der Waals surface area contributed by atoms with Gasteiger partial charge in [-0.2, -0.15) is 13.2 Å². The molecule has 0 radical (unpaired) electrons. The van der Waals surface area contributed by atoms with Gasteiger partial charge in [-0.3, -0.25) is 4.79 Å². The fourth-order valence-corrected chi connectivity index (χ4v) is 6.69. The molecule has 1 saturated heterocycles. The topological polar surface area (TPSA) is 93.4 Å². The Morgan fingerprint density at radius 3 is 2.51 bits per heavy atom. The third kappa shape index (κ3) is 5.59. The summed E-state index contributed by atoms with van der Waals surface area (Å²) in [7, 11) is 1.07. The number of hydrogen-bond donors (Lipinski definition) is 2. The van der Waals surface area contributed by atoms with E-state index >= 15 is 0 Å². The number of ether oxygens (including phenoxy) is 1. The van der Waals surface area contributed by atoms with Crippen molar-refractivity contribution < 1.29 is 22.7 Å². The molecule has 35 heavy (non-hydrogen) atoms. The van der Waals surface area contributed by atoms with E-state index in [1.165, 1.54) is 6.07 Å². The lowest BCUT2D eigenvalue weighted by Gasteiger charge is -2.32. The van der Waals surface area contributed by atoms with E-state index < -0.39 is 19.7 Å². The van der Waals surface area contributed by atoms with Crippen molar-refractivity contribution >= 4 is 41.5 Å². The first-order valence-electron chi connectivity index (χ1n) is 11.1. The minimum absolute atomic E-state index is 0.0482. The number of aromatic nitrogens is 2. The second kappa shape index (κ2) is 9.85. The molecule has 7 nitrogen and oxygen atoms in total. The molecule has 3 aromatic rings. The van der Waals surface area contributed by atoms with Crippen LogP contribution >= 0.6 is 7.92 Å². The monoisotopic (exact) mass is 505 g/mol. The van der Waals surface area contributed by atoms with E-state index in [0.29, 0.717) is 35.8 Å². The van der Waals surface area contributed by atoms with Gasteiger partial charge in [0.15, 0.2) is 0 Å². The van der Waals surface area contributed by atoms with Gasteiger partial charge < -0.3 is 20.7 Å². The number of anilines is 2. The fraction of sp³-hybridized carbons (Fsp3) is 0.375. The van der Waals surface area contributed by atoms with Crippen molar-refractivity contribution in [3.05, 3.63) is 47.3 Å². The third-order valence-corrected chi connectivity index (χ3v) is 8.49. The van der Waals surface area contributed by atoms with Gasteiger partial charge >= 0.3 is 6.18 Å². The van der Waals surface area contributed by atoms with Gasteiger partial charge in [-0.25, -0.2) is 9.97 Å². The fourth-order valence-electron chi connectivity index (χ4n) is 4.24. The maximum atomic E-state index is 13.2. The van der Waals surface area contributed by atoms with Crippen molar-refractivity contribution in [2.45, 2.75) is 26.6 Å². The first kappa shape index (κ1) is 25.0. The van der Waals surface area contributed by atoms with Crippen LogP contribution in [0.4, 0.5) is 24.7 Å². The van der Waals surface area contributed by atoms with Gasteiger partial charge in [0.25, 0.3) is 0 Å². The predicted octanol–water partition coefficient (Wildman–Crippen LogP) is 4.13. The minimum Gasteiger partial charge on any atom is -0.496 e. The number of nitrogens with one attached hydrogen (secondary N) is 1. The number of hydrogen-bond acceptors (Lipinski definition) is 6. The molecule has 1 aromatic heterocycles. The molecule has 0 unspecified atom stereocenters. The van der Waals surface area contributed by atoms with Crippen LogP contribution in [0.25, 0.3) is 10.9 Å². The van der Waals surface area contributed by atoms with Gasteiger partial charge in [0, 0.05) is 49.0 Å². The van der Waals surface area contributed by atoms with Gasteiger partial charge in [0.1, 0.15) is 17.4 Å². The summed E-state index contributed by atoms with van der Waals surface area (Å²) in [5.74, 6) is 1.88. The van der Waals surface area contributed by atoms with Crippen LogP contribution in [0, 0.1) is 6.92 Å². The molecule has 1 fully saturated rings. The molecule has 1 aliphatic heterocycles. The van der Waals surface area contributed by atoms with E-state index in [0.717, 1.165) is 40.9 Å². The molecule has 2 heterocycles. The van der Waals surface area contributed by atoms with E-state index in [1.54, 1.807) is 21.0 Å². The van der Waals surface area contributed by atoms with Crippen LogP contribution < -0.4 is 21.1 Å². The summed E-state index contributed by atoms with van der Waals surface area (Å²) in [6.45, 7) is 4.86. The Kier molecular flexibility index (Phi) is 7.03. The smallest absolute Gasteiger partial charge is 0.416 e. The maximum absolute atomic E-state index is 13.2. The molecule has 0 bridgehead atoms. The Balaban J connectivity index is 1.67. The van der Waals surface area contributed by atoms with Crippen molar-refractivity contribution in [3.8, 4) is 5.75 Å². The number of carbonyl (C=O) groups is 1. The van der Waals surface area contributed by atoms with Crippen molar-refractivity contribution in [2.75, 3.05) is 43.6 Å². The summed E-state index contributed by atoms with van der Waals surface area (Å²) < 4.78 is 45.3. The molecular weight excluding hydrogens is 478 g/mol. The largest absolute Gasteiger partial charge is 0.496 e. The summed E-state index contributed by atoms with van der Waals surface area (Å²) >= 11 is 0. The van der Waals surface area contributed by atoms with E-state index in [-0.39, 0.29) is 18.1 Å². The highest BCUT2D eigenvalue weighted by Gasteiger charge is 2.31. The lowest BCUT2D eigenvalue weighted by Crippen LogP contribution is -2.38. The van der Waals surface area contributed by atoms with Crippen LogP contribution in [-0.4, -0.2) is 53.3 Å². The SMILES string of the molecule is COc1cc2nc(C)nc(NCc3cc(N)cc(C(F)(F)F)c3)c2cc1P1CCN(C(C)=O)CC1. The highest BCUT2D eigenvalue weighted by atomic mass is 31.1. The summed E-state index contributed by atoms with van der Waals surface area (Å²) in [6.07, 6.45) is -2.74. The Labute approximate surface area is 202 Å². The van der Waals surface area contributed by atoms with Crippen LogP contribution in [0.2, 0.25) is 0 Å². The van der Waals surface area contributed by atoms with Crippen LogP contribution in [0.1, 0.15) is 23.9 Å².